The molecule has 0 fully saturated rings. The van der Waals surface area contributed by atoms with Crippen molar-refractivity contribution in [3.8, 4) is 6.07 Å². The molecule has 0 aliphatic heterocycles. The highest BCUT2D eigenvalue weighted by atomic mass is 16.1. The molecule has 23 heavy (non-hydrogen) atoms. The minimum Gasteiger partial charge on any atom is -0.338 e. The Balaban J connectivity index is 1.83. The number of hydrogen-bond acceptors (Lipinski definition) is 2. The molecule has 0 aliphatic carbocycles. The molecule has 0 bridgehead atoms. The predicted octanol–water partition coefficient (Wildman–Crippen LogP) is 3.77. The van der Waals surface area contributed by atoms with E-state index in [0.29, 0.717) is 5.56 Å². The van der Waals surface area contributed by atoms with Crippen LogP contribution in [0.4, 0.5) is 5.69 Å². The first-order valence-corrected chi connectivity index (χ1v) is 7.43. The van der Waals surface area contributed by atoms with E-state index in [4.69, 9.17) is 5.26 Å². The topological polar surface area (TPSA) is 57.8 Å². The maximum atomic E-state index is 12.3. The average molecular weight is 303 g/mol. The lowest BCUT2D eigenvalue weighted by Crippen LogP contribution is -2.18. The molecule has 1 aromatic heterocycles. The van der Waals surface area contributed by atoms with Gasteiger partial charge in [-0.1, -0.05) is 18.2 Å². The molecule has 0 saturated heterocycles. The van der Waals surface area contributed by atoms with Crippen LogP contribution in [0.5, 0.6) is 0 Å². The van der Waals surface area contributed by atoms with Gasteiger partial charge in [0.15, 0.2) is 0 Å². The lowest BCUT2D eigenvalue weighted by molar-refractivity contribution is -0.116. The van der Waals surface area contributed by atoms with Crippen LogP contribution in [0, 0.1) is 25.2 Å². The second-order valence-corrected chi connectivity index (χ2v) is 5.70. The maximum absolute atomic E-state index is 12.3. The molecule has 4 nitrogen and oxygen atoms in total. The van der Waals surface area contributed by atoms with E-state index >= 15 is 0 Å². The Bertz CT molecular complexity index is 931. The van der Waals surface area contributed by atoms with Crippen molar-refractivity contribution in [3.05, 3.63) is 65.4 Å². The van der Waals surface area contributed by atoms with Crippen LogP contribution in [-0.2, 0) is 11.3 Å². The molecule has 3 aromatic rings. The number of aryl methyl sites for hydroxylation is 2. The highest BCUT2D eigenvalue weighted by molar-refractivity contribution is 5.93. The summed E-state index contributed by atoms with van der Waals surface area (Å²) in [5.74, 6) is -0.0847. The van der Waals surface area contributed by atoms with Crippen molar-refractivity contribution >= 4 is 22.5 Å². The van der Waals surface area contributed by atoms with E-state index in [9.17, 15) is 4.79 Å². The molecule has 1 heterocycles. The van der Waals surface area contributed by atoms with Gasteiger partial charge >= 0.3 is 0 Å². The Hall–Kier alpha value is -3.06. The second kappa shape index (κ2) is 5.98. The minimum absolute atomic E-state index is 0.0847. The maximum Gasteiger partial charge on any atom is 0.244 e. The molecular weight excluding hydrogens is 286 g/mol. The van der Waals surface area contributed by atoms with E-state index in [1.54, 1.807) is 12.1 Å². The summed E-state index contributed by atoms with van der Waals surface area (Å²) >= 11 is 0. The number of nitriles is 1. The molecule has 2 aromatic carbocycles. The summed E-state index contributed by atoms with van der Waals surface area (Å²) in [6.45, 7) is 4.18. The summed E-state index contributed by atoms with van der Waals surface area (Å²) in [5, 5.41) is 13.0. The standard InChI is InChI=1S/C19H17N3O/c1-13-3-4-14(2)17(9-13)21-19(23)12-22-8-7-16-6-5-15(11-20)10-18(16)22/h3-10H,12H2,1-2H3,(H,21,23). The summed E-state index contributed by atoms with van der Waals surface area (Å²) in [6.07, 6.45) is 1.87. The fraction of sp³-hybridized carbons (Fsp3) is 0.158. The van der Waals surface area contributed by atoms with Crippen LogP contribution in [0.1, 0.15) is 16.7 Å². The van der Waals surface area contributed by atoms with Gasteiger partial charge in [-0.15, -0.1) is 0 Å². The van der Waals surface area contributed by atoms with Crippen LogP contribution in [0.3, 0.4) is 0 Å². The van der Waals surface area contributed by atoms with E-state index in [-0.39, 0.29) is 12.5 Å². The van der Waals surface area contributed by atoms with Gasteiger partial charge in [-0.3, -0.25) is 4.79 Å². The number of anilines is 1. The van der Waals surface area contributed by atoms with Crippen molar-refractivity contribution in [1.29, 1.82) is 5.26 Å². The number of carbonyl (C=O) groups excluding carboxylic acids is 1. The average Bonchev–Trinajstić information content (AvgIpc) is 2.93. The minimum atomic E-state index is -0.0847. The van der Waals surface area contributed by atoms with Crippen LogP contribution in [-0.4, -0.2) is 10.5 Å². The Morgan fingerprint density at radius 2 is 2.00 bits per heavy atom. The van der Waals surface area contributed by atoms with E-state index < -0.39 is 0 Å². The molecule has 3 rings (SSSR count). The van der Waals surface area contributed by atoms with Crippen LogP contribution in [0.25, 0.3) is 10.9 Å². The molecule has 0 atom stereocenters. The number of aromatic nitrogens is 1. The first-order valence-electron chi connectivity index (χ1n) is 7.43. The molecule has 4 heteroatoms. The third-order valence-corrected chi connectivity index (χ3v) is 3.88. The van der Waals surface area contributed by atoms with Gasteiger partial charge in [0.1, 0.15) is 6.54 Å². The van der Waals surface area contributed by atoms with Crippen molar-refractivity contribution in [3.63, 3.8) is 0 Å². The van der Waals surface area contributed by atoms with E-state index in [1.807, 2.05) is 54.9 Å². The molecule has 0 radical (unpaired) electrons. The monoisotopic (exact) mass is 303 g/mol. The molecule has 114 valence electrons. The van der Waals surface area contributed by atoms with Crippen LogP contribution in [0.2, 0.25) is 0 Å². The number of fused-ring (bicyclic) bond motifs is 1. The molecule has 0 unspecified atom stereocenters. The first kappa shape index (κ1) is 14.9. The zero-order valence-corrected chi connectivity index (χ0v) is 13.1. The molecule has 0 spiro atoms. The second-order valence-electron chi connectivity index (χ2n) is 5.70. The van der Waals surface area contributed by atoms with Gasteiger partial charge in [-0.2, -0.15) is 5.26 Å². The van der Waals surface area contributed by atoms with Gasteiger partial charge in [0.2, 0.25) is 5.91 Å². The summed E-state index contributed by atoms with van der Waals surface area (Å²) in [7, 11) is 0. The van der Waals surface area contributed by atoms with Crippen LogP contribution in [0.15, 0.2) is 48.7 Å². The fourth-order valence-electron chi connectivity index (χ4n) is 2.61. The lowest BCUT2D eigenvalue weighted by atomic mass is 10.1. The summed E-state index contributed by atoms with van der Waals surface area (Å²) in [4.78, 5) is 12.3. The number of rotatable bonds is 3. The Labute approximate surface area is 135 Å². The van der Waals surface area contributed by atoms with Gasteiger partial charge in [-0.25, -0.2) is 0 Å². The number of nitrogens with one attached hydrogen (secondary N) is 1. The third-order valence-electron chi connectivity index (χ3n) is 3.88. The van der Waals surface area contributed by atoms with Gasteiger partial charge < -0.3 is 9.88 Å². The summed E-state index contributed by atoms with van der Waals surface area (Å²) in [5.41, 5.74) is 4.46. The van der Waals surface area contributed by atoms with Gasteiger partial charge in [0, 0.05) is 17.4 Å². The Morgan fingerprint density at radius 1 is 1.17 bits per heavy atom. The predicted molar refractivity (Wildman–Crippen MR) is 91.2 cm³/mol. The van der Waals surface area contributed by atoms with Crippen molar-refractivity contribution in [2.75, 3.05) is 5.32 Å². The summed E-state index contributed by atoms with van der Waals surface area (Å²) in [6, 6.07) is 15.5. The van der Waals surface area contributed by atoms with Crippen molar-refractivity contribution in [1.82, 2.24) is 4.57 Å². The van der Waals surface area contributed by atoms with Crippen molar-refractivity contribution in [2.24, 2.45) is 0 Å². The normalized spacial score (nSPS) is 10.5. The molecule has 1 N–H and O–H groups in total. The van der Waals surface area contributed by atoms with Crippen molar-refractivity contribution < 1.29 is 4.79 Å². The molecular formula is C19H17N3O. The molecule has 1 amide bonds. The van der Waals surface area contributed by atoms with Gasteiger partial charge in [0.25, 0.3) is 0 Å². The van der Waals surface area contributed by atoms with Crippen LogP contribution >= 0.6 is 0 Å². The van der Waals surface area contributed by atoms with Gasteiger partial charge in [0.05, 0.1) is 11.6 Å². The first-order chi connectivity index (χ1) is 11.1. The van der Waals surface area contributed by atoms with E-state index in [1.165, 1.54) is 0 Å². The highest BCUT2D eigenvalue weighted by Gasteiger charge is 2.09. The number of carbonyl (C=O) groups is 1. The zero-order chi connectivity index (χ0) is 16.4. The number of amides is 1. The fourth-order valence-corrected chi connectivity index (χ4v) is 2.61. The molecule has 0 aliphatic rings. The largest absolute Gasteiger partial charge is 0.338 e. The number of benzene rings is 2. The zero-order valence-electron chi connectivity index (χ0n) is 13.1. The smallest absolute Gasteiger partial charge is 0.244 e. The highest BCUT2D eigenvalue weighted by Crippen LogP contribution is 2.19. The number of nitrogens with zero attached hydrogens (tertiary/aromatic N) is 2. The van der Waals surface area contributed by atoms with E-state index in [0.717, 1.165) is 27.7 Å². The van der Waals surface area contributed by atoms with Crippen molar-refractivity contribution in [2.45, 2.75) is 20.4 Å². The van der Waals surface area contributed by atoms with Gasteiger partial charge in [-0.05, 0) is 54.6 Å². The summed E-state index contributed by atoms with van der Waals surface area (Å²) < 4.78 is 1.86. The number of hydrogen-bond donors (Lipinski definition) is 1. The van der Waals surface area contributed by atoms with E-state index in [2.05, 4.69) is 11.4 Å². The SMILES string of the molecule is Cc1ccc(C)c(NC(=O)Cn2ccc3ccc(C#N)cc32)c1. The third kappa shape index (κ3) is 3.09. The molecule has 0 saturated carbocycles. The van der Waals surface area contributed by atoms with Crippen LogP contribution < -0.4 is 5.32 Å². The Morgan fingerprint density at radius 3 is 2.78 bits per heavy atom. The lowest BCUT2D eigenvalue weighted by Gasteiger charge is -2.10. The Kier molecular flexibility index (Phi) is 3.86. The quantitative estimate of drug-likeness (QED) is 0.800.